The monoisotopic (exact) mass is 411 g/mol. The first-order valence-electron chi connectivity index (χ1n) is 8.31. The topological polar surface area (TPSA) is 89.8 Å². The van der Waals surface area contributed by atoms with Crippen LogP contribution < -0.4 is 10.9 Å². The lowest BCUT2D eigenvalue weighted by molar-refractivity contribution is -0.116. The van der Waals surface area contributed by atoms with E-state index in [1.807, 2.05) is 27.7 Å². The van der Waals surface area contributed by atoms with Gasteiger partial charge in [-0.05, 0) is 5.75 Å². The van der Waals surface area contributed by atoms with Gasteiger partial charge in [-0.1, -0.05) is 62.6 Å². The molecule has 0 aromatic carbocycles. The van der Waals surface area contributed by atoms with Gasteiger partial charge >= 0.3 is 0 Å². The van der Waals surface area contributed by atoms with Crippen molar-refractivity contribution in [2.75, 3.05) is 16.8 Å². The van der Waals surface area contributed by atoms with Crippen molar-refractivity contribution in [3.8, 4) is 0 Å². The molecule has 0 saturated heterocycles. The number of amides is 1. The van der Waals surface area contributed by atoms with E-state index in [2.05, 4.69) is 20.5 Å². The lowest BCUT2D eigenvalue weighted by Crippen LogP contribution is -2.29. The molecule has 1 amide bonds. The molecule has 0 radical (unpaired) electrons. The van der Waals surface area contributed by atoms with Crippen LogP contribution in [0.5, 0.6) is 0 Å². The number of thioether (sulfide) groups is 2. The number of anilines is 1. The summed E-state index contributed by atoms with van der Waals surface area (Å²) in [6, 6.07) is 1.39. The number of nitrogens with one attached hydrogen (secondary N) is 1. The fourth-order valence-electron chi connectivity index (χ4n) is 2.51. The number of rotatable bonds is 5. The summed E-state index contributed by atoms with van der Waals surface area (Å²) in [5.41, 5.74) is 0.498. The lowest BCUT2D eigenvalue weighted by atomic mass is 9.92. The molecule has 1 atom stereocenters. The molecule has 26 heavy (non-hydrogen) atoms. The second kappa shape index (κ2) is 7.69. The van der Waals surface area contributed by atoms with Crippen molar-refractivity contribution in [1.29, 1.82) is 0 Å². The highest BCUT2D eigenvalue weighted by Crippen LogP contribution is 2.34. The van der Waals surface area contributed by atoms with Crippen LogP contribution in [-0.2, 0) is 10.2 Å². The lowest BCUT2D eigenvalue weighted by Gasteiger charge is -2.19. The number of carbonyl (C=O) groups is 1. The Hall–Kier alpha value is -1.39. The SMILES string of the molecule is CCSc1nnc(NC(=O)CC2CSc3nc(C(C)(C)C)cc(=O)n32)s1. The van der Waals surface area contributed by atoms with Gasteiger partial charge < -0.3 is 5.32 Å². The van der Waals surface area contributed by atoms with Gasteiger partial charge in [0, 0.05) is 23.7 Å². The smallest absolute Gasteiger partial charge is 0.254 e. The first-order valence-corrected chi connectivity index (χ1v) is 11.1. The molecule has 7 nitrogen and oxygen atoms in total. The highest BCUT2D eigenvalue weighted by molar-refractivity contribution is 8.01. The van der Waals surface area contributed by atoms with Crippen molar-refractivity contribution in [3.05, 3.63) is 22.1 Å². The Morgan fingerprint density at radius 3 is 2.88 bits per heavy atom. The summed E-state index contributed by atoms with van der Waals surface area (Å²) in [6.45, 7) is 8.13. The van der Waals surface area contributed by atoms with Crippen molar-refractivity contribution in [1.82, 2.24) is 19.7 Å². The molecule has 140 valence electrons. The number of hydrogen-bond donors (Lipinski definition) is 1. The average molecular weight is 412 g/mol. The summed E-state index contributed by atoms with van der Waals surface area (Å²) in [5.74, 6) is 1.40. The molecule has 1 aliphatic heterocycles. The number of nitrogens with zero attached hydrogens (tertiary/aromatic N) is 4. The van der Waals surface area contributed by atoms with Crippen LogP contribution >= 0.6 is 34.9 Å². The minimum atomic E-state index is -0.193. The van der Waals surface area contributed by atoms with Gasteiger partial charge in [-0.2, -0.15) is 0 Å². The Morgan fingerprint density at radius 2 is 2.19 bits per heavy atom. The van der Waals surface area contributed by atoms with Crippen LogP contribution in [0.1, 0.15) is 45.9 Å². The van der Waals surface area contributed by atoms with Crippen molar-refractivity contribution in [3.63, 3.8) is 0 Å². The first-order chi connectivity index (χ1) is 12.3. The fourth-order valence-corrected chi connectivity index (χ4v) is 5.33. The normalized spacial score (nSPS) is 16.5. The van der Waals surface area contributed by atoms with Gasteiger partial charge in [0.15, 0.2) is 9.50 Å². The third kappa shape index (κ3) is 4.29. The van der Waals surface area contributed by atoms with E-state index in [1.54, 1.807) is 22.4 Å². The third-order valence-electron chi connectivity index (χ3n) is 3.80. The predicted molar refractivity (Wildman–Crippen MR) is 107 cm³/mol. The Labute approximate surface area is 164 Å². The Morgan fingerprint density at radius 1 is 1.42 bits per heavy atom. The van der Waals surface area contributed by atoms with E-state index in [9.17, 15) is 9.59 Å². The standard InChI is InChI=1S/C16H21N5O2S3/c1-5-24-15-20-19-13(26-15)18-11(22)6-9-8-25-14-17-10(16(2,3)4)7-12(23)21(9)14/h7,9H,5-6,8H2,1-4H3,(H,18,19,22). The largest absolute Gasteiger partial charge is 0.300 e. The molecular formula is C16H21N5O2S3. The number of hydrogen-bond acceptors (Lipinski definition) is 8. The van der Waals surface area contributed by atoms with E-state index in [0.717, 1.165) is 15.8 Å². The second-order valence-corrected chi connectivity index (χ2v) is 10.4. The van der Waals surface area contributed by atoms with Crippen LogP contribution in [0.4, 0.5) is 5.13 Å². The number of carbonyl (C=O) groups excluding carboxylic acids is 1. The van der Waals surface area contributed by atoms with Crippen LogP contribution in [0.25, 0.3) is 0 Å². The van der Waals surface area contributed by atoms with Gasteiger partial charge in [0.05, 0.1) is 11.7 Å². The molecule has 0 bridgehead atoms. The summed E-state index contributed by atoms with van der Waals surface area (Å²) in [4.78, 5) is 29.5. The molecule has 0 fully saturated rings. The number of aromatic nitrogens is 4. The molecule has 0 spiro atoms. The summed E-state index contributed by atoms with van der Waals surface area (Å²) in [5, 5.41) is 12.0. The van der Waals surface area contributed by atoms with Gasteiger partial charge in [-0.15, -0.1) is 10.2 Å². The highest BCUT2D eigenvalue weighted by atomic mass is 32.2. The zero-order valence-corrected chi connectivity index (χ0v) is 17.6. The van der Waals surface area contributed by atoms with Gasteiger partial charge in [0.25, 0.3) is 5.56 Å². The van der Waals surface area contributed by atoms with Gasteiger partial charge in [0.2, 0.25) is 11.0 Å². The quantitative estimate of drug-likeness (QED) is 0.459. The van der Waals surface area contributed by atoms with E-state index in [-0.39, 0.29) is 29.3 Å². The van der Waals surface area contributed by atoms with Crippen LogP contribution in [-0.4, -0.2) is 37.2 Å². The molecule has 1 unspecified atom stereocenters. The van der Waals surface area contributed by atoms with Gasteiger partial charge in [-0.3, -0.25) is 14.2 Å². The van der Waals surface area contributed by atoms with E-state index in [0.29, 0.717) is 16.0 Å². The maximum atomic E-state index is 12.6. The molecule has 3 rings (SSSR count). The maximum Gasteiger partial charge on any atom is 0.254 e. The zero-order valence-electron chi connectivity index (χ0n) is 15.1. The highest BCUT2D eigenvalue weighted by Gasteiger charge is 2.29. The maximum absolute atomic E-state index is 12.6. The molecular weight excluding hydrogens is 390 g/mol. The second-order valence-electron chi connectivity index (χ2n) is 6.91. The molecule has 2 aromatic rings. The Kier molecular flexibility index (Phi) is 5.73. The molecule has 0 saturated carbocycles. The molecule has 2 aromatic heterocycles. The van der Waals surface area contributed by atoms with E-state index in [4.69, 9.17) is 0 Å². The van der Waals surface area contributed by atoms with Crippen molar-refractivity contribution < 1.29 is 4.79 Å². The Bertz CT molecular complexity index is 872. The summed E-state index contributed by atoms with van der Waals surface area (Å²) in [6.07, 6.45) is 0.215. The van der Waals surface area contributed by atoms with Gasteiger partial charge in [-0.25, -0.2) is 4.98 Å². The number of fused-ring (bicyclic) bond motifs is 1. The van der Waals surface area contributed by atoms with E-state index < -0.39 is 0 Å². The van der Waals surface area contributed by atoms with E-state index in [1.165, 1.54) is 23.1 Å². The fraction of sp³-hybridized carbons (Fsp3) is 0.562. The minimum Gasteiger partial charge on any atom is -0.300 e. The van der Waals surface area contributed by atoms with Crippen LogP contribution in [0.3, 0.4) is 0 Å². The molecule has 1 N–H and O–H groups in total. The molecule has 0 aliphatic carbocycles. The third-order valence-corrected chi connectivity index (χ3v) is 6.75. The first kappa shape index (κ1) is 19.4. The van der Waals surface area contributed by atoms with Crippen molar-refractivity contribution >= 4 is 45.9 Å². The van der Waals surface area contributed by atoms with Gasteiger partial charge in [0.1, 0.15) is 0 Å². The minimum absolute atomic E-state index is 0.0970. The van der Waals surface area contributed by atoms with Crippen LogP contribution in [0.15, 0.2) is 20.4 Å². The Balaban J connectivity index is 1.71. The van der Waals surface area contributed by atoms with E-state index >= 15 is 0 Å². The van der Waals surface area contributed by atoms with Crippen LogP contribution in [0.2, 0.25) is 0 Å². The average Bonchev–Trinajstić information content (AvgIpc) is 3.14. The summed E-state index contributed by atoms with van der Waals surface area (Å²) < 4.78 is 2.47. The predicted octanol–water partition coefficient (Wildman–Crippen LogP) is 3.18. The van der Waals surface area contributed by atoms with Crippen molar-refractivity contribution in [2.24, 2.45) is 0 Å². The van der Waals surface area contributed by atoms with Crippen molar-refractivity contribution in [2.45, 2.75) is 55.1 Å². The summed E-state index contributed by atoms with van der Waals surface area (Å²) >= 11 is 4.47. The molecule has 10 heteroatoms. The molecule has 1 aliphatic rings. The summed E-state index contributed by atoms with van der Waals surface area (Å²) in [7, 11) is 0. The molecule has 3 heterocycles. The zero-order chi connectivity index (χ0) is 18.9. The van der Waals surface area contributed by atoms with Crippen LogP contribution in [0, 0.1) is 0 Å².